The van der Waals surface area contributed by atoms with Gasteiger partial charge in [-0.2, -0.15) is 13.2 Å². The molecule has 4 nitrogen and oxygen atoms in total. The SMILES string of the molecule is Nc1ccc(Cl)cc1-c1cc(C(=O)NCc2cccc(C(F)(F)F)c2)ccn1. The summed E-state index contributed by atoms with van der Waals surface area (Å²) in [5.74, 6) is -0.443. The van der Waals surface area contributed by atoms with Crippen LogP contribution >= 0.6 is 11.6 Å². The number of carbonyl (C=O) groups excluding carboxylic acids is 1. The molecule has 0 aliphatic rings. The van der Waals surface area contributed by atoms with Crippen molar-refractivity contribution in [3.8, 4) is 11.3 Å². The monoisotopic (exact) mass is 405 g/mol. The number of amides is 1. The second-order valence-electron chi connectivity index (χ2n) is 6.04. The predicted molar refractivity (Wildman–Crippen MR) is 102 cm³/mol. The van der Waals surface area contributed by atoms with E-state index in [-0.39, 0.29) is 6.54 Å². The van der Waals surface area contributed by atoms with Crippen LogP contribution in [-0.4, -0.2) is 10.9 Å². The van der Waals surface area contributed by atoms with E-state index in [4.69, 9.17) is 17.3 Å². The minimum Gasteiger partial charge on any atom is -0.398 e. The Morgan fingerprint density at radius 2 is 1.89 bits per heavy atom. The molecular weight excluding hydrogens is 391 g/mol. The van der Waals surface area contributed by atoms with Crippen LogP contribution in [0.5, 0.6) is 0 Å². The molecular formula is C20H15ClF3N3O. The van der Waals surface area contributed by atoms with Crippen LogP contribution in [0.1, 0.15) is 21.5 Å². The maximum Gasteiger partial charge on any atom is 0.416 e. The second-order valence-corrected chi connectivity index (χ2v) is 6.48. The summed E-state index contributed by atoms with van der Waals surface area (Å²) in [6.07, 6.45) is -2.98. The standard InChI is InChI=1S/C20H15ClF3N3O/c21-15-4-5-17(25)16(10-15)18-9-13(6-7-26-18)19(28)27-11-12-2-1-3-14(8-12)20(22,23)24/h1-10H,11,25H2,(H,27,28). The quantitative estimate of drug-likeness (QED) is 0.604. The van der Waals surface area contributed by atoms with E-state index in [2.05, 4.69) is 10.3 Å². The van der Waals surface area contributed by atoms with Crippen LogP contribution < -0.4 is 11.1 Å². The van der Waals surface area contributed by atoms with Gasteiger partial charge < -0.3 is 11.1 Å². The molecule has 0 aliphatic heterocycles. The van der Waals surface area contributed by atoms with E-state index in [0.29, 0.717) is 33.1 Å². The Morgan fingerprint density at radius 3 is 2.64 bits per heavy atom. The summed E-state index contributed by atoms with van der Waals surface area (Å²) in [6.45, 7) is -0.0420. The van der Waals surface area contributed by atoms with Crippen molar-refractivity contribution in [1.82, 2.24) is 10.3 Å². The molecule has 0 radical (unpaired) electrons. The van der Waals surface area contributed by atoms with Crippen molar-refractivity contribution < 1.29 is 18.0 Å². The number of carbonyl (C=O) groups is 1. The van der Waals surface area contributed by atoms with Crippen LogP contribution in [0.4, 0.5) is 18.9 Å². The fourth-order valence-corrected chi connectivity index (χ4v) is 2.78. The molecule has 28 heavy (non-hydrogen) atoms. The van der Waals surface area contributed by atoms with E-state index in [1.807, 2.05) is 0 Å². The van der Waals surface area contributed by atoms with E-state index in [9.17, 15) is 18.0 Å². The fourth-order valence-electron chi connectivity index (χ4n) is 2.61. The molecule has 3 aromatic rings. The van der Waals surface area contributed by atoms with Gasteiger partial charge in [0.05, 0.1) is 11.3 Å². The Kier molecular flexibility index (Phi) is 5.56. The number of nitrogens with one attached hydrogen (secondary N) is 1. The van der Waals surface area contributed by atoms with Gasteiger partial charge in [-0.05, 0) is 48.0 Å². The smallest absolute Gasteiger partial charge is 0.398 e. The van der Waals surface area contributed by atoms with Gasteiger partial charge in [-0.1, -0.05) is 23.7 Å². The average Bonchev–Trinajstić information content (AvgIpc) is 2.67. The van der Waals surface area contributed by atoms with Crippen molar-refractivity contribution in [1.29, 1.82) is 0 Å². The maximum absolute atomic E-state index is 12.8. The lowest BCUT2D eigenvalue weighted by atomic mass is 10.1. The molecule has 0 saturated carbocycles. The van der Waals surface area contributed by atoms with Gasteiger partial charge >= 0.3 is 6.18 Å². The summed E-state index contributed by atoms with van der Waals surface area (Å²) in [6, 6.07) is 12.8. The van der Waals surface area contributed by atoms with Crippen molar-refractivity contribution in [3.05, 3.63) is 82.5 Å². The summed E-state index contributed by atoms with van der Waals surface area (Å²) in [7, 11) is 0. The molecule has 8 heteroatoms. The number of benzene rings is 2. The highest BCUT2D eigenvalue weighted by Gasteiger charge is 2.30. The molecule has 0 saturated heterocycles. The molecule has 1 aromatic heterocycles. The number of nitrogens with zero attached hydrogens (tertiary/aromatic N) is 1. The van der Waals surface area contributed by atoms with E-state index in [0.717, 1.165) is 12.1 Å². The molecule has 0 spiro atoms. The van der Waals surface area contributed by atoms with Crippen molar-refractivity contribution in [2.45, 2.75) is 12.7 Å². The molecule has 1 heterocycles. The summed E-state index contributed by atoms with van der Waals surface area (Å²) >= 11 is 5.99. The topological polar surface area (TPSA) is 68.0 Å². The van der Waals surface area contributed by atoms with Crippen molar-refractivity contribution in [3.63, 3.8) is 0 Å². The first-order chi connectivity index (χ1) is 13.2. The van der Waals surface area contributed by atoms with Crippen LogP contribution in [0, 0.1) is 0 Å². The number of alkyl halides is 3. The van der Waals surface area contributed by atoms with Crippen LogP contribution in [0.2, 0.25) is 5.02 Å². The minimum absolute atomic E-state index is 0.0420. The third-order valence-electron chi connectivity index (χ3n) is 4.02. The summed E-state index contributed by atoms with van der Waals surface area (Å²) in [5.41, 5.74) is 7.33. The molecule has 1 amide bonds. The van der Waals surface area contributed by atoms with E-state index < -0.39 is 17.6 Å². The second kappa shape index (κ2) is 7.90. The predicted octanol–water partition coefficient (Wildman–Crippen LogP) is 4.93. The highest BCUT2D eigenvalue weighted by Crippen LogP contribution is 2.30. The lowest BCUT2D eigenvalue weighted by molar-refractivity contribution is -0.137. The average molecular weight is 406 g/mol. The van der Waals surface area contributed by atoms with Crippen molar-refractivity contribution >= 4 is 23.2 Å². The first-order valence-electron chi connectivity index (χ1n) is 8.20. The number of halogens is 4. The third-order valence-corrected chi connectivity index (χ3v) is 4.26. The number of hydrogen-bond donors (Lipinski definition) is 2. The van der Waals surface area contributed by atoms with E-state index in [1.165, 1.54) is 24.4 Å². The Morgan fingerprint density at radius 1 is 1.11 bits per heavy atom. The summed E-state index contributed by atoms with van der Waals surface area (Å²) < 4.78 is 38.4. The summed E-state index contributed by atoms with van der Waals surface area (Å²) in [4.78, 5) is 16.6. The van der Waals surface area contributed by atoms with E-state index >= 15 is 0 Å². The number of anilines is 1. The van der Waals surface area contributed by atoms with Gasteiger partial charge in [-0.25, -0.2) is 0 Å². The first-order valence-corrected chi connectivity index (χ1v) is 8.57. The summed E-state index contributed by atoms with van der Waals surface area (Å²) in [5, 5.41) is 3.08. The number of rotatable bonds is 4. The number of hydrogen-bond acceptors (Lipinski definition) is 3. The number of pyridine rings is 1. The van der Waals surface area contributed by atoms with Gasteiger partial charge in [0.25, 0.3) is 5.91 Å². The molecule has 2 aromatic carbocycles. The van der Waals surface area contributed by atoms with Gasteiger partial charge in [0.1, 0.15) is 0 Å². The van der Waals surface area contributed by atoms with Crippen molar-refractivity contribution in [2.75, 3.05) is 5.73 Å². The normalized spacial score (nSPS) is 11.3. The van der Waals surface area contributed by atoms with Gasteiger partial charge in [0.15, 0.2) is 0 Å². The zero-order chi connectivity index (χ0) is 20.3. The van der Waals surface area contributed by atoms with Crippen molar-refractivity contribution in [2.24, 2.45) is 0 Å². The van der Waals surface area contributed by atoms with Crippen LogP contribution in [0.15, 0.2) is 60.8 Å². The third kappa shape index (κ3) is 4.61. The van der Waals surface area contributed by atoms with Gasteiger partial charge in [0.2, 0.25) is 0 Å². The van der Waals surface area contributed by atoms with Crippen LogP contribution in [-0.2, 0) is 12.7 Å². The molecule has 3 N–H and O–H groups in total. The Labute approximate surface area is 164 Å². The highest BCUT2D eigenvalue weighted by molar-refractivity contribution is 6.31. The number of nitrogen functional groups attached to an aromatic ring is 1. The van der Waals surface area contributed by atoms with Crippen LogP contribution in [0.25, 0.3) is 11.3 Å². The molecule has 0 fully saturated rings. The van der Waals surface area contributed by atoms with Gasteiger partial charge in [-0.15, -0.1) is 0 Å². The highest BCUT2D eigenvalue weighted by atomic mass is 35.5. The molecule has 0 atom stereocenters. The zero-order valence-electron chi connectivity index (χ0n) is 14.4. The van der Waals surface area contributed by atoms with E-state index in [1.54, 1.807) is 24.3 Å². The fraction of sp³-hybridized carbons (Fsp3) is 0.100. The first kappa shape index (κ1) is 19.7. The Hall–Kier alpha value is -3.06. The number of aromatic nitrogens is 1. The largest absolute Gasteiger partial charge is 0.416 e. The Balaban J connectivity index is 1.76. The molecule has 3 rings (SSSR count). The number of nitrogens with two attached hydrogens (primary N) is 1. The molecule has 0 bridgehead atoms. The van der Waals surface area contributed by atoms with Crippen LogP contribution in [0.3, 0.4) is 0 Å². The lowest BCUT2D eigenvalue weighted by Crippen LogP contribution is -2.23. The van der Waals surface area contributed by atoms with Gasteiger partial charge in [-0.3, -0.25) is 9.78 Å². The molecule has 144 valence electrons. The molecule has 0 aliphatic carbocycles. The minimum atomic E-state index is -4.43. The molecule has 0 unspecified atom stereocenters. The Bertz CT molecular complexity index is 1020. The maximum atomic E-state index is 12.8. The lowest BCUT2D eigenvalue weighted by Gasteiger charge is -2.10. The zero-order valence-corrected chi connectivity index (χ0v) is 15.2. The van der Waals surface area contributed by atoms with Gasteiger partial charge in [0, 0.05) is 34.6 Å².